The Morgan fingerprint density at radius 3 is 2.68 bits per heavy atom. The second-order valence-corrected chi connectivity index (χ2v) is 9.17. The zero-order valence-corrected chi connectivity index (χ0v) is 19.0. The lowest BCUT2D eigenvalue weighted by atomic mass is 9.92. The first-order valence-corrected chi connectivity index (χ1v) is 10.7. The van der Waals surface area contributed by atoms with Gasteiger partial charge in [0.15, 0.2) is 6.10 Å². The molecule has 6 heteroatoms. The Balaban J connectivity index is 1.84. The van der Waals surface area contributed by atoms with Gasteiger partial charge in [0, 0.05) is 30.8 Å². The molecule has 1 N–H and O–H groups in total. The minimum Gasteiger partial charge on any atom is -0.497 e. The van der Waals surface area contributed by atoms with Crippen molar-refractivity contribution < 1.29 is 19.1 Å². The Kier molecular flexibility index (Phi) is 6.88. The second kappa shape index (κ2) is 9.41. The topological polar surface area (TPSA) is 67.9 Å². The molecule has 0 spiro atoms. The predicted molar refractivity (Wildman–Crippen MR) is 121 cm³/mol. The van der Waals surface area contributed by atoms with Gasteiger partial charge in [0.2, 0.25) is 5.91 Å². The minimum atomic E-state index is -0.534. The lowest BCUT2D eigenvalue weighted by Crippen LogP contribution is -2.38. The van der Waals surface area contributed by atoms with Crippen molar-refractivity contribution in [3.8, 4) is 11.5 Å². The summed E-state index contributed by atoms with van der Waals surface area (Å²) >= 11 is 0. The van der Waals surface area contributed by atoms with Crippen molar-refractivity contribution in [1.82, 2.24) is 4.90 Å². The van der Waals surface area contributed by atoms with Gasteiger partial charge in [0.1, 0.15) is 11.5 Å². The fourth-order valence-corrected chi connectivity index (χ4v) is 3.66. The Bertz CT molecular complexity index is 949. The Hall–Kier alpha value is -3.02. The standard InChI is InChI=1S/C25H32N2O4/c1-6-21-24(29)27(15-17-8-7-9-20(12-17)30-5)16-18-13-19(10-11-22(18)31-21)26-23(28)14-25(2,3)4/h7-13,21H,6,14-16H2,1-5H3,(H,26,28)/t21-/m1/s1. The molecule has 6 nitrogen and oxygen atoms in total. The van der Waals surface area contributed by atoms with Crippen LogP contribution in [0.5, 0.6) is 11.5 Å². The number of rotatable bonds is 6. The van der Waals surface area contributed by atoms with E-state index in [0.29, 0.717) is 37.4 Å². The van der Waals surface area contributed by atoms with Crippen molar-refractivity contribution in [2.24, 2.45) is 5.41 Å². The number of hydrogen-bond acceptors (Lipinski definition) is 4. The Morgan fingerprint density at radius 2 is 2.00 bits per heavy atom. The first-order valence-electron chi connectivity index (χ1n) is 10.7. The maximum absolute atomic E-state index is 13.1. The maximum atomic E-state index is 13.1. The lowest BCUT2D eigenvalue weighted by Gasteiger charge is -2.23. The number of anilines is 1. The van der Waals surface area contributed by atoms with Crippen molar-refractivity contribution in [3.63, 3.8) is 0 Å². The number of carbonyl (C=O) groups excluding carboxylic acids is 2. The summed E-state index contributed by atoms with van der Waals surface area (Å²) in [6, 6.07) is 13.3. The quantitative estimate of drug-likeness (QED) is 0.725. The molecule has 1 atom stereocenters. The number of nitrogens with zero attached hydrogens (tertiary/aromatic N) is 1. The molecule has 1 aliphatic heterocycles. The van der Waals surface area contributed by atoms with E-state index in [4.69, 9.17) is 9.47 Å². The van der Waals surface area contributed by atoms with E-state index in [0.717, 1.165) is 16.9 Å². The minimum absolute atomic E-state index is 0.0299. The van der Waals surface area contributed by atoms with Crippen LogP contribution in [0.15, 0.2) is 42.5 Å². The number of carbonyl (C=O) groups is 2. The van der Waals surface area contributed by atoms with Crippen LogP contribution in [0.3, 0.4) is 0 Å². The van der Waals surface area contributed by atoms with Crippen LogP contribution >= 0.6 is 0 Å². The molecular weight excluding hydrogens is 392 g/mol. The van der Waals surface area contributed by atoms with E-state index in [1.165, 1.54) is 0 Å². The summed E-state index contributed by atoms with van der Waals surface area (Å²) in [7, 11) is 1.63. The van der Waals surface area contributed by atoms with Gasteiger partial charge in [-0.1, -0.05) is 39.8 Å². The molecule has 166 valence electrons. The number of ether oxygens (including phenoxy) is 2. The van der Waals surface area contributed by atoms with Crippen molar-refractivity contribution >= 4 is 17.5 Å². The first kappa shape index (κ1) is 22.7. The van der Waals surface area contributed by atoms with Crippen LogP contribution in [-0.2, 0) is 22.7 Å². The highest BCUT2D eigenvalue weighted by Gasteiger charge is 2.30. The van der Waals surface area contributed by atoms with Crippen LogP contribution in [0.1, 0.15) is 51.7 Å². The van der Waals surface area contributed by atoms with Gasteiger partial charge in [0.25, 0.3) is 5.91 Å². The summed E-state index contributed by atoms with van der Waals surface area (Å²) in [5.74, 6) is 1.37. The molecule has 31 heavy (non-hydrogen) atoms. The van der Waals surface area contributed by atoms with Gasteiger partial charge < -0.3 is 19.7 Å². The number of nitrogens with one attached hydrogen (secondary N) is 1. The van der Waals surface area contributed by atoms with Crippen LogP contribution < -0.4 is 14.8 Å². The van der Waals surface area contributed by atoms with E-state index in [1.54, 1.807) is 12.0 Å². The highest BCUT2D eigenvalue weighted by atomic mass is 16.5. The van der Waals surface area contributed by atoms with Gasteiger partial charge in [-0.05, 0) is 47.7 Å². The van der Waals surface area contributed by atoms with Crippen LogP contribution in [-0.4, -0.2) is 29.9 Å². The molecule has 0 radical (unpaired) electrons. The van der Waals surface area contributed by atoms with Crippen molar-refractivity contribution in [2.75, 3.05) is 12.4 Å². The molecule has 3 rings (SSSR count). The van der Waals surface area contributed by atoms with E-state index in [2.05, 4.69) is 5.32 Å². The fourth-order valence-electron chi connectivity index (χ4n) is 3.66. The molecule has 0 saturated carbocycles. The van der Waals surface area contributed by atoms with Crippen molar-refractivity contribution in [1.29, 1.82) is 0 Å². The number of amides is 2. The molecule has 2 aromatic rings. The molecule has 0 bridgehead atoms. The highest BCUT2D eigenvalue weighted by Crippen LogP contribution is 2.31. The zero-order chi connectivity index (χ0) is 22.6. The number of methoxy groups -OCH3 is 1. The Labute approximate surface area is 184 Å². The summed E-state index contributed by atoms with van der Waals surface area (Å²) in [4.78, 5) is 27.3. The average Bonchev–Trinajstić information content (AvgIpc) is 2.83. The molecule has 0 aromatic heterocycles. The van der Waals surface area contributed by atoms with E-state index < -0.39 is 6.10 Å². The lowest BCUT2D eigenvalue weighted by molar-refractivity contribution is -0.139. The third kappa shape index (κ3) is 6.00. The summed E-state index contributed by atoms with van der Waals surface area (Å²) in [5.41, 5.74) is 2.48. The molecule has 0 saturated heterocycles. The summed E-state index contributed by atoms with van der Waals surface area (Å²) < 4.78 is 11.4. The molecule has 2 aromatic carbocycles. The molecule has 0 unspecified atom stereocenters. The molecular formula is C25H32N2O4. The van der Waals surface area contributed by atoms with E-state index in [9.17, 15) is 9.59 Å². The molecule has 0 aliphatic carbocycles. The highest BCUT2D eigenvalue weighted by molar-refractivity contribution is 5.91. The predicted octanol–water partition coefficient (Wildman–Crippen LogP) is 4.77. The third-order valence-electron chi connectivity index (χ3n) is 5.13. The largest absolute Gasteiger partial charge is 0.497 e. The first-order chi connectivity index (χ1) is 14.7. The summed E-state index contributed by atoms with van der Waals surface area (Å²) in [6.07, 6.45) is 0.476. The third-order valence-corrected chi connectivity index (χ3v) is 5.13. The number of fused-ring (bicyclic) bond motifs is 1. The molecule has 0 fully saturated rings. The van der Waals surface area contributed by atoms with Gasteiger partial charge in [-0.2, -0.15) is 0 Å². The zero-order valence-electron chi connectivity index (χ0n) is 19.0. The van der Waals surface area contributed by atoms with E-state index in [-0.39, 0.29) is 17.2 Å². The van der Waals surface area contributed by atoms with Crippen molar-refractivity contribution in [3.05, 3.63) is 53.6 Å². The van der Waals surface area contributed by atoms with Gasteiger partial charge in [0.05, 0.1) is 7.11 Å². The summed E-state index contributed by atoms with van der Waals surface area (Å²) in [5, 5.41) is 2.97. The van der Waals surface area contributed by atoms with E-state index >= 15 is 0 Å². The average molecular weight is 425 g/mol. The van der Waals surface area contributed by atoms with E-state index in [1.807, 2.05) is 70.2 Å². The number of hydrogen-bond donors (Lipinski definition) is 1. The molecule has 2 amide bonds. The van der Waals surface area contributed by atoms with Crippen LogP contribution in [0.4, 0.5) is 5.69 Å². The van der Waals surface area contributed by atoms with Gasteiger partial charge in [-0.3, -0.25) is 9.59 Å². The normalized spacial score (nSPS) is 16.2. The van der Waals surface area contributed by atoms with Gasteiger partial charge >= 0.3 is 0 Å². The smallest absolute Gasteiger partial charge is 0.264 e. The van der Waals surface area contributed by atoms with Crippen LogP contribution in [0.25, 0.3) is 0 Å². The van der Waals surface area contributed by atoms with Gasteiger partial charge in [-0.25, -0.2) is 0 Å². The van der Waals surface area contributed by atoms with Crippen LogP contribution in [0, 0.1) is 5.41 Å². The second-order valence-electron chi connectivity index (χ2n) is 9.17. The SMILES string of the molecule is CC[C@H]1Oc2ccc(NC(=O)CC(C)(C)C)cc2CN(Cc2cccc(OC)c2)C1=O. The Morgan fingerprint density at radius 1 is 1.23 bits per heavy atom. The molecule has 1 heterocycles. The summed E-state index contributed by atoms with van der Waals surface area (Å²) in [6.45, 7) is 8.90. The maximum Gasteiger partial charge on any atom is 0.264 e. The van der Waals surface area contributed by atoms with Crippen LogP contribution in [0.2, 0.25) is 0 Å². The van der Waals surface area contributed by atoms with Crippen molar-refractivity contribution in [2.45, 2.75) is 59.7 Å². The monoisotopic (exact) mass is 424 g/mol. The molecule has 1 aliphatic rings. The van der Waals surface area contributed by atoms with Gasteiger partial charge in [-0.15, -0.1) is 0 Å². The number of benzene rings is 2. The fraction of sp³-hybridized carbons (Fsp3) is 0.440.